The first-order chi connectivity index (χ1) is 12.2. The van der Waals surface area contributed by atoms with Gasteiger partial charge in [-0.25, -0.2) is 0 Å². The number of methoxy groups -OCH3 is 1. The fourth-order valence-electron chi connectivity index (χ4n) is 3.11. The Morgan fingerprint density at radius 2 is 1.80 bits per heavy atom. The zero-order valence-corrected chi connectivity index (χ0v) is 14.6. The van der Waals surface area contributed by atoms with Crippen LogP contribution < -0.4 is 10.5 Å². The van der Waals surface area contributed by atoms with Crippen LogP contribution in [0.3, 0.4) is 0 Å². The zero-order valence-electron chi connectivity index (χ0n) is 14.6. The summed E-state index contributed by atoms with van der Waals surface area (Å²) >= 11 is 0. The fourth-order valence-corrected chi connectivity index (χ4v) is 3.11. The summed E-state index contributed by atoms with van der Waals surface area (Å²) in [6.45, 7) is 4.34. The molecule has 2 N–H and O–H groups in total. The van der Waals surface area contributed by atoms with Gasteiger partial charge in [-0.3, -0.25) is 9.69 Å². The van der Waals surface area contributed by atoms with Crippen molar-refractivity contribution in [1.29, 1.82) is 0 Å². The van der Waals surface area contributed by atoms with E-state index in [1.165, 1.54) is 5.56 Å². The third-order valence-corrected chi connectivity index (χ3v) is 4.67. The molecule has 1 aliphatic heterocycles. The minimum absolute atomic E-state index is 0.0714. The van der Waals surface area contributed by atoms with Crippen LogP contribution in [0.1, 0.15) is 15.9 Å². The Hall–Kier alpha value is -2.53. The van der Waals surface area contributed by atoms with Crippen molar-refractivity contribution in [3.05, 3.63) is 59.7 Å². The van der Waals surface area contributed by atoms with Gasteiger partial charge in [-0.15, -0.1) is 0 Å². The molecule has 0 spiro atoms. The lowest BCUT2D eigenvalue weighted by Gasteiger charge is -2.34. The van der Waals surface area contributed by atoms with Gasteiger partial charge in [0, 0.05) is 44.0 Å². The van der Waals surface area contributed by atoms with E-state index in [1.54, 1.807) is 19.2 Å². The van der Waals surface area contributed by atoms with Crippen LogP contribution in [0.4, 0.5) is 5.69 Å². The van der Waals surface area contributed by atoms with Crippen LogP contribution in [0.25, 0.3) is 0 Å². The maximum Gasteiger partial charge on any atom is 0.254 e. The number of amides is 1. The predicted molar refractivity (Wildman–Crippen MR) is 99.9 cm³/mol. The average molecular weight is 339 g/mol. The van der Waals surface area contributed by atoms with Crippen molar-refractivity contribution in [3.63, 3.8) is 0 Å². The van der Waals surface area contributed by atoms with Crippen LogP contribution in [-0.4, -0.2) is 55.5 Å². The summed E-state index contributed by atoms with van der Waals surface area (Å²) in [6, 6.07) is 15.4. The molecule has 0 radical (unpaired) electrons. The van der Waals surface area contributed by atoms with Gasteiger partial charge in [0.15, 0.2) is 0 Å². The van der Waals surface area contributed by atoms with Crippen molar-refractivity contribution in [2.24, 2.45) is 0 Å². The van der Waals surface area contributed by atoms with Crippen molar-refractivity contribution in [2.75, 3.05) is 45.6 Å². The minimum Gasteiger partial charge on any atom is -0.497 e. The number of rotatable bonds is 5. The van der Waals surface area contributed by atoms with Crippen LogP contribution in [0.5, 0.6) is 5.75 Å². The van der Waals surface area contributed by atoms with E-state index in [4.69, 9.17) is 10.5 Å². The van der Waals surface area contributed by atoms with Crippen LogP contribution in [-0.2, 0) is 6.42 Å². The normalized spacial score (nSPS) is 15.2. The minimum atomic E-state index is 0.0714. The van der Waals surface area contributed by atoms with Crippen LogP contribution in [0, 0.1) is 0 Å². The molecule has 1 amide bonds. The number of piperazine rings is 1. The number of carbonyl (C=O) groups is 1. The monoisotopic (exact) mass is 339 g/mol. The largest absolute Gasteiger partial charge is 0.497 e. The molecule has 5 nitrogen and oxygen atoms in total. The summed E-state index contributed by atoms with van der Waals surface area (Å²) in [5.41, 5.74) is 8.38. The average Bonchev–Trinajstić information content (AvgIpc) is 2.66. The molecule has 0 aliphatic carbocycles. The van der Waals surface area contributed by atoms with Crippen molar-refractivity contribution in [3.8, 4) is 5.75 Å². The molecule has 0 saturated carbocycles. The molecular weight excluding hydrogens is 314 g/mol. The molecule has 0 atom stereocenters. The van der Waals surface area contributed by atoms with Crippen molar-refractivity contribution in [1.82, 2.24) is 9.80 Å². The van der Waals surface area contributed by atoms with Gasteiger partial charge in [-0.1, -0.05) is 18.2 Å². The quantitative estimate of drug-likeness (QED) is 0.849. The van der Waals surface area contributed by atoms with E-state index < -0.39 is 0 Å². The van der Waals surface area contributed by atoms with Crippen molar-refractivity contribution in [2.45, 2.75) is 6.42 Å². The summed E-state index contributed by atoms with van der Waals surface area (Å²) in [5.74, 6) is 0.958. The lowest BCUT2D eigenvalue weighted by molar-refractivity contribution is 0.0638. The van der Waals surface area contributed by atoms with E-state index in [1.807, 2.05) is 29.2 Å². The van der Waals surface area contributed by atoms with Crippen molar-refractivity contribution < 1.29 is 9.53 Å². The van der Waals surface area contributed by atoms with Crippen LogP contribution in [0.2, 0.25) is 0 Å². The van der Waals surface area contributed by atoms with E-state index in [9.17, 15) is 4.79 Å². The van der Waals surface area contributed by atoms with Gasteiger partial charge in [0.1, 0.15) is 5.75 Å². The summed E-state index contributed by atoms with van der Waals surface area (Å²) in [4.78, 5) is 16.9. The van der Waals surface area contributed by atoms with Crippen LogP contribution >= 0.6 is 0 Å². The van der Waals surface area contributed by atoms with Crippen LogP contribution in [0.15, 0.2) is 48.5 Å². The van der Waals surface area contributed by atoms with Gasteiger partial charge in [-0.2, -0.15) is 0 Å². The standard InChI is InChI=1S/C20H25N3O2/c1-25-19-7-5-16(6-8-19)9-10-22-11-13-23(14-12-22)20(24)17-3-2-4-18(21)15-17/h2-8,15H,9-14,21H2,1H3. The first-order valence-electron chi connectivity index (χ1n) is 8.66. The summed E-state index contributed by atoms with van der Waals surface area (Å²) in [6.07, 6.45) is 1.01. The second-order valence-electron chi connectivity index (χ2n) is 6.36. The fraction of sp³-hybridized carbons (Fsp3) is 0.350. The molecule has 0 aromatic heterocycles. The topological polar surface area (TPSA) is 58.8 Å². The van der Waals surface area contributed by atoms with Gasteiger partial charge >= 0.3 is 0 Å². The first-order valence-corrected chi connectivity index (χ1v) is 8.66. The highest BCUT2D eigenvalue weighted by molar-refractivity contribution is 5.95. The molecule has 1 fully saturated rings. The Balaban J connectivity index is 1.47. The number of nitrogens with two attached hydrogens (primary N) is 1. The molecule has 0 bridgehead atoms. The molecule has 1 aliphatic rings. The third-order valence-electron chi connectivity index (χ3n) is 4.67. The lowest BCUT2D eigenvalue weighted by atomic mass is 10.1. The molecule has 5 heteroatoms. The molecule has 132 valence electrons. The molecular formula is C20H25N3O2. The Morgan fingerprint density at radius 1 is 1.08 bits per heavy atom. The van der Waals surface area contributed by atoms with Crippen molar-refractivity contribution >= 4 is 11.6 Å². The van der Waals surface area contributed by atoms with E-state index in [2.05, 4.69) is 17.0 Å². The molecule has 3 rings (SSSR count). The number of benzene rings is 2. The summed E-state index contributed by atoms with van der Waals surface area (Å²) in [7, 11) is 1.68. The maximum absolute atomic E-state index is 12.5. The Morgan fingerprint density at radius 3 is 2.44 bits per heavy atom. The van der Waals surface area contributed by atoms with Gasteiger partial charge in [0.25, 0.3) is 5.91 Å². The Bertz CT molecular complexity index is 707. The molecule has 2 aromatic rings. The zero-order chi connectivity index (χ0) is 17.6. The molecule has 25 heavy (non-hydrogen) atoms. The number of anilines is 1. The summed E-state index contributed by atoms with van der Waals surface area (Å²) < 4.78 is 5.19. The lowest BCUT2D eigenvalue weighted by Crippen LogP contribution is -2.49. The molecule has 2 aromatic carbocycles. The van der Waals surface area contributed by atoms with Gasteiger partial charge < -0.3 is 15.4 Å². The second-order valence-corrected chi connectivity index (χ2v) is 6.36. The van der Waals surface area contributed by atoms with E-state index in [-0.39, 0.29) is 5.91 Å². The van der Waals surface area contributed by atoms with E-state index >= 15 is 0 Å². The molecule has 1 saturated heterocycles. The number of nitrogens with zero attached hydrogens (tertiary/aromatic N) is 2. The number of carbonyl (C=O) groups excluding carboxylic acids is 1. The number of hydrogen-bond donors (Lipinski definition) is 1. The molecule has 1 heterocycles. The van der Waals surface area contributed by atoms with E-state index in [0.29, 0.717) is 11.3 Å². The Kier molecular flexibility index (Phi) is 5.56. The smallest absolute Gasteiger partial charge is 0.254 e. The highest BCUT2D eigenvalue weighted by Gasteiger charge is 2.21. The third kappa shape index (κ3) is 4.51. The highest BCUT2D eigenvalue weighted by atomic mass is 16.5. The van der Waals surface area contributed by atoms with Gasteiger partial charge in [0.2, 0.25) is 0 Å². The van der Waals surface area contributed by atoms with Gasteiger partial charge in [-0.05, 0) is 42.3 Å². The van der Waals surface area contributed by atoms with Gasteiger partial charge in [0.05, 0.1) is 7.11 Å². The first kappa shape index (κ1) is 17.3. The Labute approximate surface area is 149 Å². The number of ether oxygens (including phenoxy) is 1. The van der Waals surface area contributed by atoms with E-state index in [0.717, 1.165) is 44.9 Å². The second kappa shape index (κ2) is 8.03. The predicted octanol–water partition coefficient (Wildman–Crippen LogP) is 2.28. The molecule has 0 unspecified atom stereocenters. The number of nitrogen functional groups attached to an aromatic ring is 1. The highest BCUT2D eigenvalue weighted by Crippen LogP contribution is 2.14. The summed E-state index contributed by atoms with van der Waals surface area (Å²) in [5, 5.41) is 0. The number of hydrogen-bond acceptors (Lipinski definition) is 4. The SMILES string of the molecule is COc1ccc(CCN2CCN(C(=O)c3cccc(N)c3)CC2)cc1. The maximum atomic E-state index is 12.5.